The predicted octanol–water partition coefficient (Wildman–Crippen LogP) is 2.86. The van der Waals surface area contributed by atoms with E-state index >= 15 is 0 Å². The zero-order chi connectivity index (χ0) is 13.1. The summed E-state index contributed by atoms with van der Waals surface area (Å²) >= 11 is 0. The maximum absolute atomic E-state index is 5.60. The van der Waals surface area contributed by atoms with Crippen LogP contribution in [0.15, 0.2) is 30.5 Å². The molecule has 4 nitrogen and oxygen atoms in total. The molecule has 0 radical (unpaired) electrons. The molecule has 1 aromatic carbocycles. The van der Waals surface area contributed by atoms with Crippen molar-refractivity contribution in [3.05, 3.63) is 36.0 Å². The van der Waals surface area contributed by atoms with E-state index in [2.05, 4.69) is 29.9 Å². The van der Waals surface area contributed by atoms with Crippen molar-refractivity contribution in [2.45, 2.75) is 19.8 Å². The molecule has 4 heteroatoms. The van der Waals surface area contributed by atoms with Crippen LogP contribution in [0.5, 0.6) is 5.75 Å². The van der Waals surface area contributed by atoms with E-state index in [1.165, 1.54) is 5.56 Å². The summed E-state index contributed by atoms with van der Waals surface area (Å²) in [5.41, 5.74) is 8.54. The Morgan fingerprint density at radius 2 is 2.00 bits per heavy atom. The summed E-state index contributed by atoms with van der Waals surface area (Å²) in [6.45, 7) is 4.30. The summed E-state index contributed by atoms with van der Waals surface area (Å²) < 4.78 is 5.43. The molecule has 0 unspecified atom stereocenters. The van der Waals surface area contributed by atoms with E-state index in [-0.39, 0.29) is 5.95 Å². The molecule has 0 aliphatic rings. The first-order valence-electron chi connectivity index (χ1n) is 5.88. The topological polar surface area (TPSA) is 61.0 Å². The fourth-order valence-electron chi connectivity index (χ4n) is 1.80. The first kappa shape index (κ1) is 12.4. The second-order valence-corrected chi connectivity index (χ2v) is 4.41. The monoisotopic (exact) mass is 243 g/mol. The standard InChI is InChI=1S/C14H17N3O/c1-9(2)10-4-5-11(13(8-10)18-3)12-6-7-16-14(15)17-12/h4-9H,1-3H3,(H2,15,16,17). The number of methoxy groups -OCH3 is 1. The molecule has 94 valence electrons. The highest BCUT2D eigenvalue weighted by atomic mass is 16.5. The van der Waals surface area contributed by atoms with Crippen molar-refractivity contribution in [2.24, 2.45) is 0 Å². The number of rotatable bonds is 3. The van der Waals surface area contributed by atoms with Crippen molar-refractivity contribution in [1.82, 2.24) is 9.97 Å². The van der Waals surface area contributed by atoms with Crippen molar-refractivity contribution in [1.29, 1.82) is 0 Å². The van der Waals surface area contributed by atoms with Crippen molar-refractivity contribution in [3.8, 4) is 17.0 Å². The van der Waals surface area contributed by atoms with Crippen molar-refractivity contribution >= 4 is 5.95 Å². The van der Waals surface area contributed by atoms with Crippen molar-refractivity contribution in [2.75, 3.05) is 12.8 Å². The highest BCUT2D eigenvalue weighted by molar-refractivity contribution is 5.68. The van der Waals surface area contributed by atoms with Gasteiger partial charge in [0.2, 0.25) is 5.95 Å². The molecule has 0 bridgehead atoms. The van der Waals surface area contributed by atoms with Crippen molar-refractivity contribution < 1.29 is 4.74 Å². The van der Waals surface area contributed by atoms with Crippen LogP contribution in [0.2, 0.25) is 0 Å². The lowest BCUT2D eigenvalue weighted by Gasteiger charge is -2.12. The van der Waals surface area contributed by atoms with E-state index < -0.39 is 0 Å². The van der Waals surface area contributed by atoms with Crippen molar-refractivity contribution in [3.63, 3.8) is 0 Å². The maximum Gasteiger partial charge on any atom is 0.220 e. The Morgan fingerprint density at radius 3 is 2.61 bits per heavy atom. The van der Waals surface area contributed by atoms with Crippen LogP contribution in [0.25, 0.3) is 11.3 Å². The van der Waals surface area contributed by atoms with Gasteiger partial charge in [-0.3, -0.25) is 0 Å². The largest absolute Gasteiger partial charge is 0.496 e. The summed E-state index contributed by atoms with van der Waals surface area (Å²) in [6.07, 6.45) is 1.65. The molecule has 1 aromatic heterocycles. The summed E-state index contributed by atoms with van der Waals surface area (Å²) in [7, 11) is 1.66. The number of anilines is 1. The first-order chi connectivity index (χ1) is 8.61. The van der Waals surface area contributed by atoms with E-state index in [1.807, 2.05) is 18.2 Å². The lowest BCUT2D eigenvalue weighted by atomic mass is 10.00. The Hall–Kier alpha value is -2.10. The minimum absolute atomic E-state index is 0.266. The van der Waals surface area contributed by atoms with E-state index in [9.17, 15) is 0 Å². The number of nitrogens with two attached hydrogens (primary N) is 1. The maximum atomic E-state index is 5.60. The quantitative estimate of drug-likeness (QED) is 0.900. The molecule has 18 heavy (non-hydrogen) atoms. The Balaban J connectivity index is 2.51. The van der Waals surface area contributed by atoms with Gasteiger partial charge in [0.05, 0.1) is 12.8 Å². The second kappa shape index (κ2) is 5.04. The molecule has 0 atom stereocenters. The Bertz CT molecular complexity index is 552. The van der Waals surface area contributed by atoms with Gasteiger partial charge in [0.25, 0.3) is 0 Å². The van der Waals surface area contributed by atoms with Gasteiger partial charge in [0.15, 0.2) is 0 Å². The summed E-state index contributed by atoms with van der Waals surface area (Å²) in [6, 6.07) is 7.96. The number of nitrogens with zero attached hydrogens (tertiary/aromatic N) is 2. The summed E-state index contributed by atoms with van der Waals surface area (Å²) in [5, 5.41) is 0. The highest BCUT2D eigenvalue weighted by Crippen LogP contribution is 2.31. The van der Waals surface area contributed by atoms with Gasteiger partial charge in [0.1, 0.15) is 5.75 Å². The molecule has 0 spiro atoms. The Labute approximate surface area is 107 Å². The summed E-state index contributed by atoms with van der Waals surface area (Å²) in [4.78, 5) is 8.11. The van der Waals surface area contributed by atoms with E-state index in [0.717, 1.165) is 17.0 Å². The Morgan fingerprint density at radius 1 is 1.22 bits per heavy atom. The zero-order valence-corrected chi connectivity index (χ0v) is 10.8. The number of aromatic nitrogens is 2. The highest BCUT2D eigenvalue weighted by Gasteiger charge is 2.10. The third-order valence-electron chi connectivity index (χ3n) is 2.84. The van der Waals surface area contributed by atoms with E-state index in [1.54, 1.807) is 13.3 Å². The smallest absolute Gasteiger partial charge is 0.220 e. The van der Waals surface area contributed by atoms with Gasteiger partial charge in [-0.1, -0.05) is 19.9 Å². The van der Waals surface area contributed by atoms with Gasteiger partial charge >= 0.3 is 0 Å². The molecule has 0 aliphatic carbocycles. The number of nitrogen functional groups attached to an aromatic ring is 1. The minimum atomic E-state index is 0.266. The molecule has 2 rings (SSSR count). The van der Waals surface area contributed by atoms with Crippen LogP contribution in [0.4, 0.5) is 5.95 Å². The van der Waals surface area contributed by atoms with Gasteiger partial charge in [-0.2, -0.15) is 0 Å². The fraction of sp³-hybridized carbons (Fsp3) is 0.286. The van der Waals surface area contributed by atoms with Crippen LogP contribution in [-0.4, -0.2) is 17.1 Å². The van der Waals surface area contributed by atoms with E-state index in [0.29, 0.717) is 5.92 Å². The normalized spacial score (nSPS) is 10.7. The molecule has 2 N–H and O–H groups in total. The fourth-order valence-corrected chi connectivity index (χ4v) is 1.80. The Kier molecular flexibility index (Phi) is 3.46. The average Bonchev–Trinajstić information content (AvgIpc) is 2.37. The van der Waals surface area contributed by atoms with Crippen LogP contribution < -0.4 is 10.5 Å². The van der Waals surface area contributed by atoms with Crippen LogP contribution in [-0.2, 0) is 0 Å². The average molecular weight is 243 g/mol. The van der Waals surface area contributed by atoms with Gasteiger partial charge in [-0.05, 0) is 29.7 Å². The SMILES string of the molecule is COc1cc(C(C)C)ccc1-c1ccnc(N)n1. The van der Waals surface area contributed by atoms with Crippen LogP contribution in [0.1, 0.15) is 25.3 Å². The third kappa shape index (κ3) is 2.42. The van der Waals surface area contributed by atoms with Crippen LogP contribution >= 0.6 is 0 Å². The lowest BCUT2D eigenvalue weighted by Crippen LogP contribution is -1.97. The molecule has 2 aromatic rings. The number of hydrogen-bond acceptors (Lipinski definition) is 4. The van der Waals surface area contributed by atoms with Gasteiger partial charge < -0.3 is 10.5 Å². The molecule has 0 saturated heterocycles. The number of ether oxygens (including phenoxy) is 1. The van der Waals surface area contributed by atoms with E-state index in [4.69, 9.17) is 10.5 Å². The van der Waals surface area contributed by atoms with Crippen LogP contribution in [0, 0.1) is 0 Å². The predicted molar refractivity (Wildman–Crippen MR) is 72.5 cm³/mol. The number of benzene rings is 1. The first-order valence-corrected chi connectivity index (χ1v) is 5.88. The minimum Gasteiger partial charge on any atom is -0.496 e. The molecule has 1 heterocycles. The zero-order valence-electron chi connectivity index (χ0n) is 10.8. The van der Waals surface area contributed by atoms with Crippen LogP contribution in [0.3, 0.4) is 0 Å². The molecule has 0 amide bonds. The molecule has 0 fully saturated rings. The molecule has 0 aliphatic heterocycles. The number of hydrogen-bond donors (Lipinski definition) is 1. The third-order valence-corrected chi connectivity index (χ3v) is 2.84. The summed E-state index contributed by atoms with van der Waals surface area (Å²) in [5.74, 6) is 1.53. The van der Waals surface area contributed by atoms with Gasteiger partial charge in [-0.15, -0.1) is 0 Å². The lowest BCUT2D eigenvalue weighted by molar-refractivity contribution is 0.415. The van der Waals surface area contributed by atoms with Gasteiger partial charge in [0, 0.05) is 11.8 Å². The molecular weight excluding hydrogens is 226 g/mol. The van der Waals surface area contributed by atoms with Gasteiger partial charge in [-0.25, -0.2) is 9.97 Å². The second-order valence-electron chi connectivity index (χ2n) is 4.41. The molecular formula is C14H17N3O. The molecule has 0 saturated carbocycles.